The molecule has 1 saturated heterocycles. The average molecular weight is 287 g/mol. The molecule has 0 aliphatic carbocycles. The fourth-order valence-corrected chi connectivity index (χ4v) is 3.02. The van der Waals surface area contributed by atoms with E-state index in [-0.39, 0.29) is 5.54 Å². The zero-order valence-electron chi connectivity index (χ0n) is 13.2. The van der Waals surface area contributed by atoms with Crippen LogP contribution in [0.15, 0.2) is 42.5 Å². The van der Waals surface area contributed by atoms with Gasteiger partial charge < -0.3 is 11.1 Å². The zero-order valence-corrected chi connectivity index (χ0v) is 13.2. The molecule has 0 unspecified atom stereocenters. The van der Waals surface area contributed by atoms with E-state index in [2.05, 4.69) is 59.6 Å². The quantitative estimate of drug-likeness (QED) is 0.598. The first-order valence-corrected chi connectivity index (χ1v) is 8.10. The van der Waals surface area contributed by atoms with Crippen LogP contribution in [0.5, 0.6) is 0 Å². The number of rotatable bonds is 7. The van der Waals surface area contributed by atoms with Crippen LogP contribution in [-0.2, 0) is 6.54 Å². The monoisotopic (exact) mass is 287 g/mol. The third-order valence-electron chi connectivity index (χ3n) is 4.50. The molecule has 1 aliphatic heterocycles. The number of nitrogens with two attached hydrogens (primary N) is 1. The molecule has 0 radical (unpaired) electrons. The molecule has 0 atom stereocenters. The van der Waals surface area contributed by atoms with Crippen LogP contribution in [0, 0.1) is 0 Å². The van der Waals surface area contributed by atoms with Crippen LogP contribution in [0.1, 0.15) is 31.7 Å². The molecule has 1 aromatic rings. The number of allylic oxidation sites excluding steroid dienone is 1. The fourth-order valence-electron chi connectivity index (χ4n) is 3.02. The minimum atomic E-state index is 0.148. The maximum atomic E-state index is 6.05. The van der Waals surface area contributed by atoms with Crippen LogP contribution in [0.25, 0.3) is 0 Å². The van der Waals surface area contributed by atoms with Crippen LogP contribution in [0.2, 0.25) is 0 Å². The lowest BCUT2D eigenvalue weighted by Gasteiger charge is -2.42. The van der Waals surface area contributed by atoms with E-state index in [1.54, 1.807) is 0 Å². The first-order chi connectivity index (χ1) is 10.3. The Morgan fingerprint density at radius 1 is 1.24 bits per heavy atom. The fraction of sp³-hybridized carbons (Fsp3) is 0.556. The molecule has 1 fully saturated rings. The normalized spacial score (nSPS) is 19.1. The van der Waals surface area contributed by atoms with Gasteiger partial charge in [-0.25, -0.2) is 0 Å². The molecule has 1 heterocycles. The Morgan fingerprint density at radius 2 is 1.95 bits per heavy atom. The van der Waals surface area contributed by atoms with E-state index in [0.717, 1.165) is 52.0 Å². The summed E-state index contributed by atoms with van der Waals surface area (Å²) in [5.41, 5.74) is 7.60. The van der Waals surface area contributed by atoms with Crippen molar-refractivity contribution < 1.29 is 0 Å². The molecule has 0 bridgehead atoms. The van der Waals surface area contributed by atoms with Crippen LogP contribution in [0.3, 0.4) is 0 Å². The van der Waals surface area contributed by atoms with Crippen LogP contribution in [-0.4, -0.2) is 36.6 Å². The summed E-state index contributed by atoms with van der Waals surface area (Å²) in [6.07, 6.45) is 7.70. The molecule has 0 saturated carbocycles. The number of hydrogen-bond acceptors (Lipinski definition) is 3. The number of likely N-dealkylation sites (tertiary alicyclic amines) is 1. The minimum absolute atomic E-state index is 0.148. The molecular weight excluding hydrogens is 258 g/mol. The highest BCUT2D eigenvalue weighted by Gasteiger charge is 2.32. The molecule has 2 rings (SSSR count). The van der Waals surface area contributed by atoms with Gasteiger partial charge in [0, 0.05) is 31.7 Å². The van der Waals surface area contributed by atoms with Crippen molar-refractivity contribution >= 4 is 0 Å². The second-order valence-electron chi connectivity index (χ2n) is 6.03. The van der Waals surface area contributed by atoms with Crippen molar-refractivity contribution in [2.24, 2.45) is 5.73 Å². The van der Waals surface area contributed by atoms with Gasteiger partial charge in [0.05, 0.1) is 0 Å². The van der Waals surface area contributed by atoms with Crippen LogP contribution >= 0.6 is 0 Å². The summed E-state index contributed by atoms with van der Waals surface area (Å²) in [6, 6.07) is 10.7. The molecule has 0 spiro atoms. The SMILES string of the molecule is C/C=C/CCNC1(CN)CCN(Cc2ccccc2)CC1. The van der Waals surface area contributed by atoms with Crippen molar-refractivity contribution in [2.45, 2.75) is 38.3 Å². The summed E-state index contributed by atoms with van der Waals surface area (Å²) >= 11 is 0. The van der Waals surface area contributed by atoms with Crippen LogP contribution < -0.4 is 11.1 Å². The number of hydrogen-bond donors (Lipinski definition) is 2. The van der Waals surface area contributed by atoms with E-state index in [9.17, 15) is 0 Å². The Bertz CT molecular complexity index is 419. The lowest BCUT2D eigenvalue weighted by Crippen LogP contribution is -2.57. The van der Waals surface area contributed by atoms with Crippen molar-refractivity contribution in [3.05, 3.63) is 48.0 Å². The molecule has 21 heavy (non-hydrogen) atoms. The van der Waals surface area contributed by atoms with Gasteiger partial charge in [-0.3, -0.25) is 4.90 Å². The topological polar surface area (TPSA) is 41.3 Å². The van der Waals surface area contributed by atoms with Crippen molar-refractivity contribution in [3.63, 3.8) is 0 Å². The average Bonchev–Trinajstić information content (AvgIpc) is 2.54. The lowest BCUT2D eigenvalue weighted by molar-refractivity contribution is 0.134. The molecule has 3 nitrogen and oxygen atoms in total. The van der Waals surface area contributed by atoms with Crippen molar-refractivity contribution in [1.29, 1.82) is 0 Å². The van der Waals surface area contributed by atoms with Gasteiger partial charge in [0.25, 0.3) is 0 Å². The number of benzene rings is 1. The predicted octanol–water partition coefficient (Wildman–Crippen LogP) is 2.54. The molecule has 0 aromatic heterocycles. The van der Waals surface area contributed by atoms with E-state index in [0.29, 0.717) is 0 Å². The highest BCUT2D eigenvalue weighted by atomic mass is 15.2. The van der Waals surface area contributed by atoms with Crippen molar-refractivity contribution in [1.82, 2.24) is 10.2 Å². The second-order valence-corrected chi connectivity index (χ2v) is 6.03. The highest BCUT2D eigenvalue weighted by Crippen LogP contribution is 2.22. The second kappa shape index (κ2) is 8.32. The Morgan fingerprint density at radius 3 is 2.57 bits per heavy atom. The van der Waals surface area contributed by atoms with E-state index in [1.807, 2.05) is 0 Å². The zero-order chi connectivity index (χ0) is 15.0. The smallest absolute Gasteiger partial charge is 0.0328 e. The highest BCUT2D eigenvalue weighted by molar-refractivity contribution is 5.14. The standard InChI is InChI=1S/C18H29N3/c1-2-3-7-12-20-18(16-19)10-13-21(14-11-18)15-17-8-5-4-6-9-17/h2-6,8-9,20H,7,10-16,19H2,1H3/b3-2+. The predicted molar refractivity (Wildman–Crippen MR) is 90.2 cm³/mol. The van der Waals surface area contributed by atoms with E-state index in [1.165, 1.54) is 5.56 Å². The van der Waals surface area contributed by atoms with Gasteiger partial charge in [-0.1, -0.05) is 42.5 Å². The van der Waals surface area contributed by atoms with E-state index < -0.39 is 0 Å². The third kappa shape index (κ3) is 4.95. The van der Waals surface area contributed by atoms with Crippen molar-refractivity contribution in [2.75, 3.05) is 26.2 Å². The molecule has 0 amide bonds. The summed E-state index contributed by atoms with van der Waals surface area (Å²) in [4.78, 5) is 2.54. The van der Waals surface area contributed by atoms with Gasteiger partial charge in [0.1, 0.15) is 0 Å². The van der Waals surface area contributed by atoms with Crippen molar-refractivity contribution in [3.8, 4) is 0 Å². The molecule has 3 heteroatoms. The van der Waals surface area contributed by atoms with Gasteiger partial charge in [-0.2, -0.15) is 0 Å². The third-order valence-corrected chi connectivity index (χ3v) is 4.50. The van der Waals surface area contributed by atoms with E-state index >= 15 is 0 Å². The van der Waals surface area contributed by atoms with Gasteiger partial charge in [0.15, 0.2) is 0 Å². The first-order valence-electron chi connectivity index (χ1n) is 8.10. The molecule has 116 valence electrons. The summed E-state index contributed by atoms with van der Waals surface area (Å²) in [5, 5.41) is 3.70. The first kappa shape index (κ1) is 16.2. The summed E-state index contributed by atoms with van der Waals surface area (Å²) in [7, 11) is 0. The Labute approximate surface area is 129 Å². The summed E-state index contributed by atoms with van der Waals surface area (Å²) in [6.45, 7) is 7.15. The van der Waals surface area contributed by atoms with Gasteiger partial charge in [-0.05, 0) is 38.3 Å². The minimum Gasteiger partial charge on any atom is -0.329 e. The van der Waals surface area contributed by atoms with Gasteiger partial charge in [0.2, 0.25) is 0 Å². The summed E-state index contributed by atoms with van der Waals surface area (Å²) in [5.74, 6) is 0. The number of nitrogens with one attached hydrogen (secondary N) is 1. The van der Waals surface area contributed by atoms with Gasteiger partial charge >= 0.3 is 0 Å². The summed E-state index contributed by atoms with van der Waals surface area (Å²) < 4.78 is 0. The Balaban J connectivity index is 1.79. The molecule has 1 aromatic carbocycles. The Hall–Kier alpha value is -1.16. The Kier molecular flexibility index (Phi) is 6.43. The number of piperidine rings is 1. The molecular formula is C18H29N3. The largest absolute Gasteiger partial charge is 0.329 e. The number of nitrogens with zero attached hydrogens (tertiary/aromatic N) is 1. The molecule has 1 aliphatic rings. The van der Waals surface area contributed by atoms with Crippen LogP contribution in [0.4, 0.5) is 0 Å². The lowest BCUT2D eigenvalue weighted by atomic mass is 9.87. The van der Waals surface area contributed by atoms with E-state index in [4.69, 9.17) is 5.73 Å². The maximum Gasteiger partial charge on any atom is 0.0328 e. The maximum absolute atomic E-state index is 6.05. The molecule has 3 N–H and O–H groups in total. The van der Waals surface area contributed by atoms with Gasteiger partial charge in [-0.15, -0.1) is 0 Å².